The maximum absolute atomic E-state index is 14.1. The lowest BCUT2D eigenvalue weighted by Gasteiger charge is -2.14. The number of halogens is 3. The Labute approximate surface area is 128 Å². The van der Waals surface area contributed by atoms with Crippen LogP contribution in [0.2, 0.25) is 5.02 Å². The van der Waals surface area contributed by atoms with Gasteiger partial charge < -0.3 is 5.32 Å². The van der Waals surface area contributed by atoms with E-state index >= 15 is 0 Å². The molecule has 112 valence electrons. The molecule has 21 heavy (non-hydrogen) atoms. The van der Waals surface area contributed by atoms with Gasteiger partial charge in [0.15, 0.2) is 0 Å². The van der Waals surface area contributed by atoms with Gasteiger partial charge >= 0.3 is 0 Å². The molecule has 0 fully saturated rings. The van der Waals surface area contributed by atoms with Crippen LogP contribution in [-0.2, 0) is 6.54 Å². The normalized spacial score (nSPS) is 11.2. The summed E-state index contributed by atoms with van der Waals surface area (Å²) in [6, 6.07) is 8.07. The van der Waals surface area contributed by atoms with Crippen molar-refractivity contribution in [2.75, 3.05) is 0 Å². The lowest BCUT2D eigenvalue weighted by Crippen LogP contribution is -2.22. The molecule has 0 atom stereocenters. The standard InChI is InChI=1S/C17H18ClF2N/c1-10(2)21-9-12-7-13(18)4-5-14(12)15-6-11(3)16(19)8-17(15)20/h4-8,10,21H,9H2,1-3H3. The Kier molecular flexibility index (Phi) is 4.96. The number of rotatable bonds is 4. The second-order valence-electron chi connectivity index (χ2n) is 5.42. The Morgan fingerprint density at radius 2 is 1.76 bits per heavy atom. The Bertz CT molecular complexity index is 653. The minimum atomic E-state index is -0.564. The molecule has 0 aliphatic heterocycles. The third-order valence-corrected chi connectivity index (χ3v) is 3.54. The van der Waals surface area contributed by atoms with Gasteiger partial charge in [0.25, 0.3) is 0 Å². The Balaban J connectivity index is 2.50. The van der Waals surface area contributed by atoms with Crippen LogP contribution < -0.4 is 5.32 Å². The van der Waals surface area contributed by atoms with E-state index in [-0.39, 0.29) is 0 Å². The summed E-state index contributed by atoms with van der Waals surface area (Å²) in [5.74, 6) is -1.10. The Hall–Kier alpha value is -1.45. The summed E-state index contributed by atoms with van der Waals surface area (Å²) in [5, 5.41) is 3.89. The van der Waals surface area contributed by atoms with Crippen molar-refractivity contribution < 1.29 is 8.78 Å². The first-order valence-electron chi connectivity index (χ1n) is 6.86. The van der Waals surface area contributed by atoms with Crippen LogP contribution in [-0.4, -0.2) is 6.04 Å². The van der Waals surface area contributed by atoms with Gasteiger partial charge in [-0.25, -0.2) is 8.78 Å². The first kappa shape index (κ1) is 15.9. The van der Waals surface area contributed by atoms with E-state index in [0.717, 1.165) is 17.2 Å². The SMILES string of the molecule is Cc1cc(-c2ccc(Cl)cc2CNC(C)C)c(F)cc1F. The zero-order chi connectivity index (χ0) is 15.6. The zero-order valence-corrected chi connectivity index (χ0v) is 13.1. The van der Waals surface area contributed by atoms with Crippen molar-refractivity contribution in [1.29, 1.82) is 0 Å². The van der Waals surface area contributed by atoms with Gasteiger partial charge in [0.05, 0.1) is 0 Å². The van der Waals surface area contributed by atoms with Gasteiger partial charge in [0.1, 0.15) is 11.6 Å². The fraction of sp³-hybridized carbons (Fsp3) is 0.294. The van der Waals surface area contributed by atoms with Crippen LogP contribution >= 0.6 is 11.6 Å². The quantitative estimate of drug-likeness (QED) is 0.829. The molecule has 0 amide bonds. The summed E-state index contributed by atoms with van der Waals surface area (Å²) in [6.45, 7) is 6.27. The molecule has 0 spiro atoms. The topological polar surface area (TPSA) is 12.0 Å². The van der Waals surface area contributed by atoms with Crippen molar-refractivity contribution in [1.82, 2.24) is 5.32 Å². The maximum Gasteiger partial charge on any atom is 0.133 e. The molecule has 2 aromatic rings. The fourth-order valence-electron chi connectivity index (χ4n) is 2.15. The summed E-state index contributed by atoms with van der Waals surface area (Å²) in [7, 11) is 0. The van der Waals surface area contributed by atoms with Crippen molar-refractivity contribution in [3.05, 3.63) is 58.1 Å². The van der Waals surface area contributed by atoms with E-state index in [9.17, 15) is 8.78 Å². The lowest BCUT2D eigenvalue weighted by atomic mass is 9.97. The highest BCUT2D eigenvalue weighted by molar-refractivity contribution is 6.30. The molecule has 0 radical (unpaired) electrons. The van der Waals surface area contributed by atoms with Crippen molar-refractivity contribution in [2.24, 2.45) is 0 Å². The van der Waals surface area contributed by atoms with Crippen LogP contribution in [0.15, 0.2) is 30.3 Å². The molecular weight excluding hydrogens is 292 g/mol. The maximum atomic E-state index is 14.1. The number of benzene rings is 2. The summed E-state index contributed by atoms with van der Waals surface area (Å²) >= 11 is 6.03. The monoisotopic (exact) mass is 309 g/mol. The highest BCUT2D eigenvalue weighted by Crippen LogP contribution is 2.30. The van der Waals surface area contributed by atoms with Crippen molar-refractivity contribution in [3.8, 4) is 11.1 Å². The third-order valence-electron chi connectivity index (χ3n) is 3.31. The van der Waals surface area contributed by atoms with Crippen molar-refractivity contribution >= 4 is 11.6 Å². The number of aryl methyl sites for hydroxylation is 1. The number of nitrogens with one attached hydrogen (secondary N) is 1. The minimum absolute atomic E-state index is 0.302. The van der Waals surface area contributed by atoms with E-state index in [0.29, 0.717) is 28.7 Å². The first-order valence-corrected chi connectivity index (χ1v) is 7.24. The zero-order valence-electron chi connectivity index (χ0n) is 12.3. The van der Waals surface area contributed by atoms with Gasteiger partial charge in [0.2, 0.25) is 0 Å². The summed E-state index contributed by atoms with van der Waals surface area (Å²) in [5.41, 5.74) is 2.43. The third kappa shape index (κ3) is 3.80. The van der Waals surface area contributed by atoms with Crippen molar-refractivity contribution in [2.45, 2.75) is 33.4 Å². The van der Waals surface area contributed by atoms with Crippen molar-refractivity contribution in [3.63, 3.8) is 0 Å². The second-order valence-corrected chi connectivity index (χ2v) is 5.85. The molecule has 0 bridgehead atoms. The largest absolute Gasteiger partial charge is 0.310 e. The molecule has 0 aliphatic rings. The Morgan fingerprint density at radius 1 is 1.05 bits per heavy atom. The average Bonchev–Trinajstić information content (AvgIpc) is 2.41. The van der Waals surface area contributed by atoms with Gasteiger partial charge in [-0.05, 0) is 41.8 Å². The highest BCUT2D eigenvalue weighted by Gasteiger charge is 2.13. The van der Waals surface area contributed by atoms with Crippen LogP contribution in [0.25, 0.3) is 11.1 Å². The molecule has 0 heterocycles. The molecule has 2 aromatic carbocycles. The molecule has 4 heteroatoms. The van der Waals surface area contributed by atoms with E-state index in [1.165, 1.54) is 6.07 Å². The summed E-state index contributed by atoms with van der Waals surface area (Å²) < 4.78 is 27.5. The van der Waals surface area contributed by atoms with Crippen LogP contribution in [0.3, 0.4) is 0 Å². The lowest BCUT2D eigenvalue weighted by molar-refractivity contribution is 0.578. The predicted molar refractivity (Wildman–Crippen MR) is 83.5 cm³/mol. The van der Waals surface area contributed by atoms with E-state index < -0.39 is 11.6 Å². The second kappa shape index (κ2) is 6.54. The molecule has 0 unspecified atom stereocenters. The van der Waals surface area contributed by atoms with Crippen LogP contribution in [0.4, 0.5) is 8.78 Å². The average molecular weight is 310 g/mol. The number of hydrogen-bond acceptors (Lipinski definition) is 1. The van der Waals surface area contributed by atoms with Gasteiger partial charge in [-0.2, -0.15) is 0 Å². The molecule has 0 saturated carbocycles. The fourth-order valence-corrected chi connectivity index (χ4v) is 2.34. The summed E-state index contributed by atoms with van der Waals surface area (Å²) in [6.07, 6.45) is 0. The van der Waals surface area contributed by atoms with Crippen LogP contribution in [0.5, 0.6) is 0 Å². The molecule has 0 aromatic heterocycles. The Morgan fingerprint density at radius 3 is 2.43 bits per heavy atom. The highest BCUT2D eigenvalue weighted by atomic mass is 35.5. The number of hydrogen-bond donors (Lipinski definition) is 1. The van der Waals surface area contributed by atoms with Gasteiger partial charge in [0, 0.05) is 29.2 Å². The molecular formula is C17H18ClF2N. The molecule has 0 aliphatic carbocycles. The van der Waals surface area contributed by atoms with Crippen LogP contribution in [0, 0.1) is 18.6 Å². The van der Waals surface area contributed by atoms with Crippen LogP contribution in [0.1, 0.15) is 25.0 Å². The minimum Gasteiger partial charge on any atom is -0.310 e. The molecule has 0 saturated heterocycles. The van der Waals surface area contributed by atoms with Gasteiger partial charge in [-0.3, -0.25) is 0 Å². The van der Waals surface area contributed by atoms with Gasteiger partial charge in [-0.1, -0.05) is 31.5 Å². The molecule has 2 rings (SSSR count). The van der Waals surface area contributed by atoms with Gasteiger partial charge in [-0.15, -0.1) is 0 Å². The predicted octanol–water partition coefficient (Wildman–Crippen LogP) is 5.09. The van der Waals surface area contributed by atoms with E-state index in [4.69, 9.17) is 11.6 Å². The van der Waals surface area contributed by atoms with E-state index in [1.807, 2.05) is 19.9 Å². The smallest absolute Gasteiger partial charge is 0.133 e. The van der Waals surface area contributed by atoms with E-state index in [1.54, 1.807) is 19.1 Å². The molecule has 1 nitrogen and oxygen atoms in total. The summed E-state index contributed by atoms with van der Waals surface area (Å²) in [4.78, 5) is 0. The van der Waals surface area contributed by atoms with E-state index in [2.05, 4.69) is 5.32 Å². The molecule has 1 N–H and O–H groups in total. The first-order chi connectivity index (χ1) is 9.88.